The Morgan fingerprint density at radius 3 is 2.62 bits per heavy atom. The van der Waals surface area contributed by atoms with Gasteiger partial charge in [-0.1, -0.05) is 6.92 Å². The van der Waals surface area contributed by atoms with Crippen molar-refractivity contribution in [1.29, 1.82) is 0 Å². The summed E-state index contributed by atoms with van der Waals surface area (Å²) in [4.78, 5) is 26.1. The lowest BCUT2D eigenvalue weighted by molar-refractivity contribution is -0.136. The molecule has 1 heterocycles. The molecule has 0 spiro atoms. The maximum absolute atomic E-state index is 12.3. The first-order chi connectivity index (χ1) is 9.65. The molecule has 2 amide bonds. The molecule has 2 aliphatic rings. The highest BCUT2D eigenvalue weighted by molar-refractivity contribution is 5.85. The van der Waals surface area contributed by atoms with E-state index in [1.165, 1.54) is 12.8 Å². The lowest BCUT2D eigenvalue weighted by atomic mass is 9.96. The number of carbonyl (C=O) groups excluding carboxylic acids is 2. The SMILES string of the molecule is CCCC(=O)N1CCCC(C(=O)NC(CN)C2CC2)C1.Cl. The zero-order valence-corrected chi connectivity index (χ0v) is 13.7. The lowest BCUT2D eigenvalue weighted by Gasteiger charge is -2.33. The van der Waals surface area contributed by atoms with E-state index in [1.807, 2.05) is 11.8 Å². The van der Waals surface area contributed by atoms with Crippen LogP contribution in [0.15, 0.2) is 0 Å². The molecule has 0 aromatic carbocycles. The van der Waals surface area contributed by atoms with Gasteiger partial charge < -0.3 is 16.0 Å². The van der Waals surface area contributed by atoms with Crippen LogP contribution >= 0.6 is 12.4 Å². The maximum Gasteiger partial charge on any atom is 0.225 e. The molecule has 3 N–H and O–H groups in total. The topological polar surface area (TPSA) is 75.4 Å². The second-order valence-corrected chi connectivity index (χ2v) is 6.12. The number of piperidine rings is 1. The summed E-state index contributed by atoms with van der Waals surface area (Å²) in [5.41, 5.74) is 5.73. The van der Waals surface area contributed by atoms with Crippen LogP contribution in [0.25, 0.3) is 0 Å². The predicted molar refractivity (Wildman–Crippen MR) is 85.2 cm³/mol. The number of amides is 2. The molecule has 1 aliphatic heterocycles. The summed E-state index contributed by atoms with van der Waals surface area (Å²) in [5, 5.41) is 3.09. The second kappa shape index (κ2) is 8.59. The minimum absolute atomic E-state index is 0. The third kappa shape index (κ3) is 5.15. The summed E-state index contributed by atoms with van der Waals surface area (Å²) in [7, 11) is 0. The smallest absolute Gasteiger partial charge is 0.225 e. The summed E-state index contributed by atoms with van der Waals surface area (Å²) >= 11 is 0. The molecule has 6 heteroatoms. The van der Waals surface area contributed by atoms with Gasteiger partial charge in [0, 0.05) is 32.1 Å². The molecule has 2 atom stereocenters. The molecule has 0 bridgehead atoms. The van der Waals surface area contributed by atoms with Crippen molar-refractivity contribution in [2.75, 3.05) is 19.6 Å². The highest BCUT2D eigenvalue weighted by Gasteiger charge is 2.34. The minimum Gasteiger partial charge on any atom is -0.352 e. The molecule has 2 rings (SSSR count). The number of halogens is 1. The number of rotatable bonds is 6. The van der Waals surface area contributed by atoms with E-state index in [2.05, 4.69) is 5.32 Å². The third-order valence-corrected chi connectivity index (χ3v) is 4.38. The van der Waals surface area contributed by atoms with Gasteiger partial charge in [-0.3, -0.25) is 9.59 Å². The first-order valence-electron chi connectivity index (χ1n) is 7.94. The second-order valence-electron chi connectivity index (χ2n) is 6.12. The summed E-state index contributed by atoms with van der Waals surface area (Å²) in [6, 6.07) is 0.129. The number of nitrogens with zero attached hydrogens (tertiary/aromatic N) is 1. The highest BCUT2D eigenvalue weighted by atomic mass is 35.5. The van der Waals surface area contributed by atoms with E-state index in [1.54, 1.807) is 0 Å². The number of hydrogen-bond acceptors (Lipinski definition) is 3. The van der Waals surface area contributed by atoms with Crippen molar-refractivity contribution in [3.63, 3.8) is 0 Å². The van der Waals surface area contributed by atoms with Gasteiger partial charge in [0.1, 0.15) is 0 Å². The van der Waals surface area contributed by atoms with Crippen molar-refractivity contribution in [2.24, 2.45) is 17.6 Å². The van der Waals surface area contributed by atoms with Gasteiger partial charge in [-0.25, -0.2) is 0 Å². The Morgan fingerprint density at radius 1 is 1.33 bits per heavy atom. The number of hydrogen-bond donors (Lipinski definition) is 2. The quantitative estimate of drug-likeness (QED) is 0.775. The minimum atomic E-state index is -0.0580. The fraction of sp³-hybridized carbons (Fsp3) is 0.867. The molecule has 2 unspecified atom stereocenters. The van der Waals surface area contributed by atoms with Gasteiger partial charge in [0.15, 0.2) is 0 Å². The molecule has 1 aliphatic carbocycles. The molecule has 122 valence electrons. The Kier molecular flexibility index (Phi) is 7.46. The van der Waals surface area contributed by atoms with E-state index in [9.17, 15) is 9.59 Å². The molecule has 0 radical (unpaired) electrons. The number of likely N-dealkylation sites (tertiary alicyclic amines) is 1. The largest absolute Gasteiger partial charge is 0.352 e. The summed E-state index contributed by atoms with van der Waals surface area (Å²) in [6.07, 6.45) is 5.60. The van der Waals surface area contributed by atoms with Gasteiger partial charge in [-0.15, -0.1) is 12.4 Å². The van der Waals surface area contributed by atoms with Gasteiger partial charge >= 0.3 is 0 Å². The molecule has 0 aromatic rings. The van der Waals surface area contributed by atoms with E-state index in [0.29, 0.717) is 25.4 Å². The van der Waals surface area contributed by atoms with Crippen molar-refractivity contribution in [3.8, 4) is 0 Å². The van der Waals surface area contributed by atoms with Crippen molar-refractivity contribution >= 4 is 24.2 Å². The predicted octanol–water partition coefficient (Wildman–Crippen LogP) is 1.30. The molecule has 0 aromatic heterocycles. The van der Waals surface area contributed by atoms with Crippen molar-refractivity contribution in [1.82, 2.24) is 10.2 Å². The van der Waals surface area contributed by atoms with Gasteiger partial charge in [0.2, 0.25) is 11.8 Å². The van der Waals surface area contributed by atoms with Crippen LogP contribution in [-0.2, 0) is 9.59 Å². The first kappa shape index (κ1) is 18.2. The molecular formula is C15H28ClN3O2. The Bertz CT molecular complexity index is 361. The van der Waals surface area contributed by atoms with E-state index in [-0.39, 0.29) is 36.2 Å². The van der Waals surface area contributed by atoms with E-state index in [0.717, 1.165) is 25.8 Å². The molecule has 21 heavy (non-hydrogen) atoms. The molecule has 5 nitrogen and oxygen atoms in total. The zero-order valence-electron chi connectivity index (χ0n) is 12.8. The maximum atomic E-state index is 12.3. The van der Waals surface area contributed by atoms with Crippen molar-refractivity contribution < 1.29 is 9.59 Å². The van der Waals surface area contributed by atoms with E-state index in [4.69, 9.17) is 5.73 Å². The number of nitrogens with two attached hydrogens (primary N) is 1. The number of nitrogens with one attached hydrogen (secondary N) is 1. The Balaban J connectivity index is 0.00000220. The molecule has 1 saturated heterocycles. The fourth-order valence-electron chi connectivity index (χ4n) is 2.96. The number of carbonyl (C=O) groups is 2. The van der Waals surface area contributed by atoms with Crippen LogP contribution in [0.3, 0.4) is 0 Å². The third-order valence-electron chi connectivity index (χ3n) is 4.38. The zero-order chi connectivity index (χ0) is 14.5. The van der Waals surface area contributed by atoms with Gasteiger partial charge in [0.05, 0.1) is 5.92 Å². The van der Waals surface area contributed by atoms with Gasteiger partial charge in [-0.05, 0) is 38.0 Å². The van der Waals surface area contributed by atoms with Gasteiger partial charge in [0.25, 0.3) is 0 Å². The van der Waals surface area contributed by atoms with Crippen LogP contribution in [0.4, 0.5) is 0 Å². The Hall–Kier alpha value is -0.810. The summed E-state index contributed by atoms with van der Waals surface area (Å²) < 4.78 is 0. The van der Waals surface area contributed by atoms with Crippen molar-refractivity contribution in [3.05, 3.63) is 0 Å². The van der Waals surface area contributed by atoms with E-state index >= 15 is 0 Å². The fourth-order valence-corrected chi connectivity index (χ4v) is 2.96. The van der Waals surface area contributed by atoms with Gasteiger partial charge in [-0.2, -0.15) is 0 Å². The average Bonchev–Trinajstić information content (AvgIpc) is 3.29. The standard InChI is InChI=1S/C15H27N3O2.ClH/c1-2-4-14(19)18-8-3-5-12(10-18)15(20)17-13(9-16)11-6-7-11;/h11-13H,2-10,16H2,1H3,(H,17,20);1H. The van der Waals surface area contributed by atoms with Crippen LogP contribution in [0.1, 0.15) is 45.4 Å². The van der Waals surface area contributed by atoms with E-state index < -0.39 is 0 Å². The lowest BCUT2D eigenvalue weighted by Crippen LogP contribution is -2.49. The van der Waals surface area contributed by atoms with Crippen LogP contribution in [0.2, 0.25) is 0 Å². The molecule has 1 saturated carbocycles. The normalized spacial score (nSPS) is 23.1. The Labute approximate surface area is 133 Å². The summed E-state index contributed by atoms with van der Waals surface area (Å²) in [6.45, 7) is 3.90. The highest BCUT2D eigenvalue weighted by Crippen LogP contribution is 2.32. The van der Waals surface area contributed by atoms with Crippen molar-refractivity contribution in [2.45, 2.75) is 51.5 Å². The monoisotopic (exact) mass is 317 g/mol. The van der Waals surface area contributed by atoms with Crippen LogP contribution in [-0.4, -0.2) is 42.4 Å². The first-order valence-corrected chi connectivity index (χ1v) is 7.94. The van der Waals surface area contributed by atoms with Crippen LogP contribution in [0.5, 0.6) is 0 Å². The van der Waals surface area contributed by atoms with Crippen LogP contribution in [0, 0.1) is 11.8 Å². The molecule has 2 fully saturated rings. The average molecular weight is 318 g/mol. The Morgan fingerprint density at radius 2 is 2.05 bits per heavy atom. The summed E-state index contributed by atoms with van der Waals surface area (Å²) in [5.74, 6) is 0.784. The molecular weight excluding hydrogens is 290 g/mol. The van der Waals surface area contributed by atoms with Crippen LogP contribution < -0.4 is 11.1 Å².